The van der Waals surface area contributed by atoms with Crippen molar-refractivity contribution in [3.8, 4) is 0 Å². The molecule has 0 saturated carbocycles. The fourth-order valence-corrected chi connectivity index (χ4v) is 4.07. The first-order valence-corrected chi connectivity index (χ1v) is 10.2. The van der Waals surface area contributed by atoms with Gasteiger partial charge in [0.1, 0.15) is 11.4 Å². The number of para-hydroxylation sites is 2. The van der Waals surface area contributed by atoms with Crippen molar-refractivity contribution in [2.24, 2.45) is 0 Å². The fraction of sp³-hybridized carbons (Fsp3) is 0.0833. The number of amides is 4. The molecule has 0 fully saturated rings. The van der Waals surface area contributed by atoms with Gasteiger partial charge in [-0.25, -0.2) is 0 Å². The standard InChI is InChI=1S/2C12H8N2O3/c2*1-13-10(15)9-6-7-4-2-3-5-8(7)14(9)12(17)11(13)16/h2*2-6H,1H3. The molecule has 0 spiro atoms. The maximum absolute atomic E-state index is 11.9. The third-order valence-electron chi connectivity index (χ3n) is 5.85. The van der Waals surface area contributed by atoms with Crippen LogP contribution in [0.5, 0.6) is 0 Å². The highest BCUT2D eigenvalue weighted by molar-refractivity contribution is 6.44. The van der Waals surface area contributed by atoms with Crippen LogP contribution in [0.3, 0.4) is 0 Å². The van der Waals surface area contributed by atoms with E-state index < -0.39 is 35.4 Å². The van der Waals surface area contributed by atoms with Crippen molar-refractivity contribution in [2.45, 2.75) is 0 Å². The van der Waals surface area contributed by atoms with E-state index in [-0.39, 0.29) is 11.4 Å². The van der Waals surface area contributed by atoms with Crippen LogP contribution in [0.2, 0.25) is 0 Å². The molecule has 0 unspecified atom stereocenters. The highest BCUT2D eigenvalue weighted by atomic mass is 16.2. The monoisotopic (exact) mass is 456 g/mol. The Morgan fingerprint density at radius 2 is 0.824 bits per heavy atom. The SMILES string of the molecule is CN1C(=O)C(=O)n2c(cc3ccccc32)C1=O.CN1C(=O)C(=O)n2c(cc3ccccc32)C1=O. The van der Waals surface area contributed by atoms with E-state index in [0.717, 1.165) is 20.6 Å². The molecule has 0 N–H and O–H groups in total. The second kappa shape index (κ2) is 7.34. The van der Waals surface area contributed by atoms with Crippen molar-refractivity contribution >= 4 is 57.2 Å². The van der Waals surface area contributed by atoms with Crippen molar-refractivity contribution < 1.29 is 28.8 Å². The van der Waals surface area contributed by atoms with Gasteiger partial charge >= 0.3 is 23.6 Å². The highest BCUT2D eigenvalue weighted by Crippen LogP contribution is 2.25. The number of hydrogen-bond donors (Lipinski definition) is 0. The summed E-state index contributed by atoms with van der Waals surface area (Å²) in [6, 6.07) is 17.4. The molecule has 0 aliphatic carbocycles. The van der Waals surface area contributed by atoms with Crippen molar-refractivity contribution in [2.75, 3.05) is 14.1 Å². The minimum absolute atomic E-state index is 0.235. The van der Waals surface area contributed by atoms with Gasteiger partial charge in [0, 0.05) is 24.9 Å². The molecule has 2 aromatic heterocycles. The number of rotatable bonds is 0. The van der Waals surface area contributed by atoms with Gasteiger partial charge in [0.15, 0.2) is 0 Å². The van der Waals surface area contributed by atoms with Crippen LogP contribution in [0, 0.1) is 0 Å². The number of likely N-dealkylation sites (N-methyl/N-ethyl adjacent to an activating group) is 2. The molecule has 0 radical (unpaired) electrons. The lowest BCUT2D eigenvalue weighted by molar-refractivity contribution is -0.124. The van der Waals surface area contributed by atoms with Gasteiger partial charge in [-0.2, -0.15) is 0 Å². The molecule has 2 aliphatic rings. The van der Waals surface area contributed by atoms with Crippen LogP contribution in [0.15, 0.2) is 60.7 Å². The number of benzene rings is 2. The van der Waals surface area contributed by atoms with Crippen molar-refractivity contribution in [1.29, 1.82) is 0 Å². The average Bonchev–Trinajstić information content (AvgIpc) is 3.43. The topological polar surface area (TPSA) is 119 Å². The second-order valence-corrected chi connectivity index (χ2v) is 7.80. The maximum atomic E-state index is 11.9. The van der Waals surface area contributed by atoms with Gasteiger partial charge in [-0.15, -0.1) is 0 Å². The molecular weight excluding hydrogens is 440 g/mol. The predicted octanol–water partition coefficient (Wildman–Crippen LogP) is 1.79. The van der Waals surface area contributed by atoms with Gasteiger partial charge in [-0.3, -0.25) is 47.7 Å². The van der Waals surface area contributed by atoms with Gasteiger partial charge in [0.05, 0.1) is 11.0 Å². The highest BCUT2D eigenvalue weighted by Gasteiger charge is 2.37. The zero-order valence-electron chi connectivity index (χ0n) is 18.0. The van der Waals surface area contributed by atoms with E-state index in [1.807, 2.05) is 12.1 Å². The molecule has 34 heavy (non-hydrogen) atoms. The van der Waals surface area contributed by atoms with Crippen LogP contribution in [0.25, 0.3) is 21.8 Å². The van der Waals surface area contributed by atoms with Crippen LogP contribution in [-0.4, -0.2) is 68.5 Å². The summed E-state index contributed by atoms with van der Waals surface area (Å²) in [4.78, 5) is 72.3. The Kier molecular flexibility index (Phi) is 4.54. The second-order valence-electron chi connectivity index (χ2n) is 7.80. The van der Waals surface area contributed by atoms with Crippen molar-refractivity contribution in [1.82, 2.24) is 18.9 Å². The summed E-state index contributed by atoms with van der Waals surface area (Å²) in [5.74, 6) is -3.89. The third kappa shape index (κ3) is 2.82. The maximum Gasteiger partial charge on any atom is 0.321 e. The number of hydrogen-bond acceptors (Lipinski definition) is 6. The van der Waals surface area contributed by atoms with Gasteiger partial charge < -0.3 is 0 Å². The summed E-state index contributed by atoms with van der Waals surface area (Å²) in [5.41, 5.74) is 1.64. The predicted molar refractivity (Wildman–Crippen MR) is 119 cm³/mol. The molecular formula is C24H16N4O6. The Hall–Kier alpha value is -4.86. The normalized spacial score (nSPS) is 15.6. The van der Waals surface area contributed by atoms with E-state index in [0.29, 0.717) is 11.0 Å². The van der Waals surface area contributed by atoms with Crippen LogP contribution >= 0.6 is 0 Å². The smallest absolute Gasteiger partial charge is 0.272 e. The Morgan fingerprint density at radius 1 is 0.471 bits per heavy atom. The third-order valence-corrected chi connectivity index (χ3v) is 5.85. The molecule has 0 bridgehead atoms. The van der Waals surface area contributed by atoms with Crippen LogP contribution in [0.4, 0.5) is 0 Å². The zero-order valence-corrected chi connectivity index (χ0v) is 18.0. The minimum Gasteiger partial charge on any atom is -0.272 e. The van der Waals surface area contributed by atoms with Gasteiger partial charge in [0.25, 0.3) is 11.8 Å². The summed E-state index contributed by atoms with van der Waals surface area (Å²) in [5, 5.41) is 1.54. The Morgan fingerprint density at radius 3 is 1.21 bits per heavy atom. The van der Waals surface area contributed by atoms with Crippen molar-refractivity contribution in [3.05, 3.63) is 72.1 Å². The lowest BCUT2D eigenvalue weighted by Gasteiger charge is -2.21. The van der Waals surface area contributed by atoms with E-state index in [1.54, 1.807) is 48.5 Å². The largest absolute Gasteiger partial charge is 0.321 e. The van der Waals surface area contributed by atoms with E-state index in [1.165, 1.54) is 23.2 Å². The lowest BCUT2D eigenvalue weighted by atomic mass is 10.2. The molecule has 2 aliphatic heterocycles. The summed E-state index contributed by atoms with van der Waals surface area (Å²) < 4.78 is 2.36. The van der Waals surface area contributed by atoms with Gasteiger partial charge in [-0.05, 0) is 24.3 Å². The van der Waals surface area contributed by atoms with E-state index in [4.69, 9.17) is 0 Å². The molecule has 10 heteroatoms. The number of carbonyl (C=O) groups is 6. The minimum atomic E-state index is -0.802. The Labute approximate surface area is 191 Å². The van der Waals surface area contributed by atoms with Gasteiger partial charge in [-0.1, -0.05) is 36.4 Å². The summed E-state index contributed by atoms with van der Waals surface area (Å²) in [6.07, 6.45) is 0. The Balaban J connectivity index is 0.000000142. The van der Waals surface area contributed by atoms with E-state index >= 15 is 0 Å². The van der Waals surface area contributed by atoms with Crippen LogP contribution in [-0.2, 0) is 9.59 Å². The van der Waals surface area contributed by atoms with Crippen LogP contribution in [0.1, 0.15) is 30.6 Å². The number of nitrogens with zero attached hydrogens (tertiary/aromatic N) is 4. The molecule has 0 saturated heterocycles. The number of aromatic nitrogens is 2. The molecule has 6 rings (SSSR count). The molecule has 4 aromatic rings. The van der Waals surface area contributed by atoms with Crippen LogP contribution < -0.4 is 0 Å². The number of imide groups is 2. The molecule has 0 atom stereocenters. The average molecular weight is 456 g/mol. The Bertz CT molecular complexity index is 1490. The number of carbonyl (C=O) groups excluding carboxylic acids is 6. The molecule has 168 valence electrons. The number of fused-ring (bicyclic) bond motifs is 6. The first-order chi connectivity index (χ1) is 16.2. The summed E-state index contributed by atoms with van der Waals surface area (Å²) in [7, 11) is 2.62. The lowest BCUT2D eigenvalue weighted by Crippen LogP contribution is -2.46. The van der Waals surface area contributed by atoms with Gasteiger partial charge in [0.2, 0.25) is 0 Å². The first-order valence-electron chi connectivity index (χ1n) is 10.2. The summed E-state index contributed by atoms with van der Waals surface area (Å²) >= 11 is 0. The first kappa shape index (κ1) is 21.0. The van der Waals surface area contributed by atoms with Crippen molar-refractivity contribution in [3.63, 3.8) is 0 Å². The fourth-order valence-electron chi connectivity index (χ4n) is 4.07. The van der Waals surface area contributed by atoms with E-state index in [9.17, 15) is 28.8 Å². The molecule has 4 amide bonds. The zero-order chi connectivity index (χ0) is 24.3. The molecule has 4 heterocycles. The molecule has 10 nitrogen and oxygen atoms in total. The summed E-state index contributed by atoms with van der Waals surface area (Å²) in [6.45, 7) is 0. The quantitative estimate of drug-likeness (QED) is 0.294. The van der Waals surface area contributed by atoms with E-state index in [2.05, 4.69) is 0 Å². The molecule has 2 aromatic carbocycles.